The second-order valence-corrected chi connectivity index (χ2v) is 8.26. The van der Waals surface area contributed by atoms with Gasteiger partial charge in [-0.1, -0.05) is 12.1 Å². The van der Waals surface area contributed by atoms with Gasteiger partial charge in [-0.25, -0.2) is 13.1 Å². The van der Waals surface area contributed by atoms with E-state index in [1.165, 1.54) is 0 Å². The molecule has 0 aromatic heterocycles. The molecule has 2 rings (SSSR count). The molecule has 1 fully saturated rings. The number of nitrogens with one attached hydrogen (secondary N) is 1. The molecular formula is C14H22N2O3S2. The lowest BCUT2D eigenvalue weighted by Crippen LogP contribution is -2.34. The van der Waals surface area contributed by atoms with Crippen molar-refractivity contribution in [1.82, 2.24) is 4.72 Å². The number of nitrogen functional groups attached to an aromatic ring is 1. The molecular weight excluding hydrogens is 308 g/mol. The molecule has 118 valence electrons. The standard InChI is InChI=1S/C14H22N2O3S2/c15-13-3-1-2-4-14(13)19-7-10-21(17,18)16-11-12-5-8-20-9-6-12/h1-4,12,16H,5-11,15H2. The summed E-state index contributed by atoms with van der Waals surface area (Å²) in [5.74, 6) is 3.19. The SMILES string of the molecule is Nc1ccccc1OCCS(=O)(=O)NCC1CCSCC1. The Morgan fingerprint density at radius 2 is 2.00 bits per heavy atom. The van der Waals surface area contributed by atoms with Gasteiger partial charge < -0.3 is 10.5 Å². The van der Waals surface area contributed by atoms with Crippen LogP contribution in [0.2, 0.25) is 0 Å². The summed E-state index contributed by atoms with van der Waals surface area (Å²) >= 11 is 1.94. The van der Waals surface area contributed by atoms with Crippen LogP contribution in [0.15, 0.2) is 24.3 Å². The Balaban J connectivity index is 1.72. The van der Waals surface area contributed by atoms with E-state index in [1.807, 2.05) is 17.8 Å². The van der Waals surface area contributed by atoms with E-state index < -0.39 is 10.0 Å². The van der Waals surface area contributed by atoms with Crippen molar-refractivity contribution in [3.63, 3.8) is 0 Å². The number of benzene rings is 1. The quantitative estimate of drug-likeness (QED) is 0.744. The highest BCUT2D eigenvalue weighted by atomic mass is 32.2. The Kier molecular flexibility index (Phi) is 6.20. The molecule has 1 saturated heterocycles. The molecule has 1 aliphatic heterocycles. The minimum atomic E-state index is -3.29. The molecule has 3 N–H and O–H groups in total. The fourth-order valence-electron chi connectivity index (χ4n) is 2.14. The van der Waals surface area contributed by atoms with Gasteiger partial charge in [0.05, 0.1) is 11.4 Å². The van der Waals surface area contributed by atoms with Crippen molar-refractivity contribution in [2.75, 3.05) is 36.1 Å². The number of sulfonamides is 1. The van der Waals surface area contributed by atoms with Gasteiger partial charge in [-0.2, -0.15) is 11.8 Å². The van der Waals surface area contributed by atoms with E-state index >= 15 is 0 Å². The lowest BCUT2D eigenvalue weighted by Gasteiger charge is -2.21. The summed E-state index contributed by atoms with van der Waals surface area (Å²) in [5.41, 5.74) is 6.25. The zero-order valence-electron chi connectivity index (χ0n) is 12.0. The van der Waals surface area contributed by atoms with Crippen molar-refractivity contribution in [2.24, 2.45) is 5.92 Å². The summed E-state index contributed by atoms with van der Waals surface area (Å²) in [4.78, 5) is 0. The van der Waals surface area contributed by atoms with Gasteiger partial charge in [0, 0.05) is 6.54 Å². The van der Waals surface area contributed by atoms with E-state index in [9.17, 15) is 8.42 Å². The van der Waals surface area contributed by atoms with Gasteiger partial charge in [0.15, 0.2) is 0 Å². The second kappa shape index (κ2) is 7.91. The molecule has 0 atom stereocenters. The summed E-state index contributed by atoms with van der Waals surface area (Å²) in [5, 5.41) is 0. The number of hydrogen-bond donors (Lipinski definition) is 2. The normalized spacial score (nSPS) is 16.8. The van der Waals surface area contributed by atoms with Crippen LogP contribution in [0.1, 0.15) is 12.8 Å². The minimum absolute atomic E-state index is 0.0528. The first-order valence-electron chi connectivity index (χ1n) is 7.09. The van der Waals surface area contributed by atoms with Gasteiger partial charge in [0.25, 0.3) is 0 Å². The highest BCUT2D eigenvalue weighted by Crippen LogP contribution is 2.22. The molecule has 0 amide bonds. The maximum Gasteiger partial charge on any atom is 0.214 e. The summed E-state index contributed by atoms with van der Waals surface area (Å²) in [7, 11) is -3.29. The van der Waals surface area contributed by atoms with Gasteiger partial charge in [-0.05, 0) is 42.4 Å². The van der Waals surface area contributed by atoms with Gasteiger partial charge in [0.2, 0.25) is 10.0 Å². The molecule has 21 heavy (non-hydrogen) atoms. The Hall–Kier alpha value is -0.920. The second-order valence-electron chi connectivity index (χ2n) is 5.11. The van der Waals surface area contributed by atoms with Gasteiger partial charge >= 0.3 is 0 Å². The lowest BCUT2D eigenvalue weighted by atomic mass is 10.0. The number of thioether (sulfide) groups is 1. The van der Waals surface area contributed by atoms with Crippen LogP contribution in [0, 0.1) is 5.92 Å². The van der Waals surface area contributed by atoms with Gasteiger partial charge in [-0.15, -0.1) is 0 Å². The van der Waals surface area contributed by atoms with Crippen LogP contribution >= 0.6 is 11.8 Å². The van der Waals surface area contributed by atoms with Crippen LogP contribution in [0.5, 0.6) is 5.75 Å². The number of rotatable bonds is 7. The first-order chi connectivity index (χ1) is 10.1. The predicted molar refractivity (Wildman–Crippen MR) is 88.2 cm³/mol. The minimum Gasteiger partial charge on any atom is -0.490 e. The molecule has 0 saturated carbocycles. The predicted octanol–water partition coefficient (Wildman–Crippen LogP) is 1.71. The summed E-state index contributed by atoms with van der Waals surface area (Å²) in [6.07, 6.45) is 2.18. The average molecular weight is 330 g/mol. The summed E-state index contributed by atoms with van der Waals surface area (Å²) in [6.45, 7) is 0.639. The molecule has 0 aliphatic carbocycles. The van der Waals surface area contributed by atoms with E-state index in [-0.39, 0.29) is 12.4 Å². The van der Waals surface area contributed by atoms with E-state index in [4.69, 9.17) is 10.5 Å². The van der Waals surface area contributed by atoms with Crippen molar-refractivity contribution in [3.8, 4) is 5.75 Å². The number of anilines is 1. The third kappa shape index (κ3) is 5.76. The smallest absolute Gasteiger partial charge is 0.214 e. The van der Waals surface area contributed by atoms with Crippen molar-refractivity contribution >= 4 is 27.5 Å². The van der Waals surface area contributed by atoms with Crippen molar-refractivity contribution in [3.05, 3.63) is 24.3 Å². The average Bonchev–Trinajstić information content (AvgIpc) is 2.48. The highest BCUT2D eigenvalue weighted by Gasteiger charge is 2.17. The van der Waals surface area contributed by atoms with Crippen LogP contribution < -0.4 is 15.2 Å². The Morgan fingerprint density at radius 1 is 1.29 bits per heavy atom. The van der Waals surface area contributed by atoms with Crippen LogP contribution in [0.4, 0.5) is 5.69 Å². The number of nitrogens with two attached hydrogens (primary N) is 1. The third-order valence-corrected chi connectivity index (χ3v) is 5.82. The Bertz CT molecular complexity index is 543. The largest absolute Gasteiger partial charge is 0.490 e. The fourth-order valence-corrected chi connectivity index (χ4v) is 4.28. The molecule has 1 aliphatic rings. The number of ether oxygens (including phenoxy) is 1. The summed E-state index contributed by atoms with van der Waals surface area (Å²) < 4.78 is 31.9. The lowest BCUT2D eigenvalue weighted by molar-refractivity contribution is 0.342. The number of hydrogen-bond acceptors (Lipinski definition) is 5. The van der Waals surface area contributed by atoms with E-state index in [2.05, 4.69) is 4.72 Å². The maximum atomic E-state index is 11.9. The number of para-hydroxylation sites is 2. The molecule has 0 unspecified atom stereocenters. The molecule has 5 nitrogen and oxygen atoms in total. The molecule has 1 aromatic carbocycles. The highest BCUT2D eigenvalue weighted by molar-refractivity contribution is 7.99. The van der Waals surface area contributed by atoms with E-state index in [1.54, 1.807) is 18.2 Å². The first kappa shape index (κ1) is 16.5. The van der Waals surface area contributed by atoms with Crippen molar-refractivity contribution in [2.45, 2.75) is 12.8 Å². The van der Waals surface area contributed by atoms with Crippen LogP contribution in [-0.2, 0) is 10.0 Å². The molecule has 0 bridgehead atoms. The fraction of sp³-hybridized carbons (Fsp3) is 0.571. The summed E-state index contributed by atoms with van der Waals surface area (Å²) in [6, 6.07) is 7.07. The zero-order valence-corrected chi connectivity index (χ0v) is 13.6. The Morgan fingerprint density at radius 3 is 2.71 bits per heavy atom. The van der Waals surface area contributed by atoms with Gasteiger partial charge in [-0.3, -0.25) is 0 Å². The van der Waals surface area contributed by atoms with Crippen LogP contribution in [0.3, 0.4) is 0 Å². The van der Waals surface area contributed by atoms with Crippen molar-refractivity contribution in [1.29, 1.82) is 0 Å². The molecule has 0 spiro atoms. The van der Waals surface area contributed by atoms with E-state index in [0.29, 0.717) is 23.9 Å². The topological polar surface area (TPSA) is 81.4 Å². The monoisotopic (exact) mass is 330 g/mol. The van der Waals surface area contributed by atoms with E-state index in [0.717, 1.165) is 24.3 Å². The molecule has 7 heteroatoms. The van der Waals surface area contributed by atoms with Crippen LogP contribution in [-0.4, -0.2) is 38.8 Å². The maximum absolute atomic E-state index is 11.9. The zero-order chi connectivity index (χ0) is 15.1. The third-order valence-electron chi connectivity index (χ3n) is 3.46. The Labute approximate surface area is 130 Å². The molecule has 1 aromatic rings. The molecule has 0 radical (unpaired) electrons. The van der Waals surface area contributed by atoms with Crippen molar-refractivity contribution < 1.29 is 13.2 Å². The van der Waals surface area contributed by atoms with Gasteiger partial charge in [0.1, 0.15) is 12.4 Å². The molecule has 1 heterocycles. The first-order valence-corrected chi connectivity index (χ1v) is 9.90. The van der Waals surface area contributed by atoms with Crippen LogP contribution in [0.25, 0.3) is 0 Å².